The number of esters is 1. The quantitative estimate of drug-likeness (QED) is 0.531. The highest BCUT2D eigenvalue weighted by Crippen LogP contribution is 2.31. The molecule has 0 saturated carbocycles. The maximum Gasteiger partial charge on any atom is 0.348 e. The Balaban J connectivity index is 1.44. The molecule has 4 rings (SSSR count). The maximum atomic E-state index is 12.7. The van der Waals surface area contributed by atoms with Crippen molar-refractivity contribution in [1.82, 2.24) is 4.57 Å². The topological polar surface area (TPSA) is 82.4 Å². The van der Waals surface area contributed by atoms with Crippen molar-refractivity contribution in [2.45, 2.75) is 52.0 Å². The lowest BCUT2D eigenvalue weighted by Gasteiger charge is -2.16. The van der Waals surface area contributed by atoms with Gasteiger partial charge in [-0.15, -0.1) is 11.3 Å². The smallest absolute Gasteiger partial charge is 0.348 e. The van der Waals surface area contributed by atoms with Crippen LogP contribution < -0.4 is 0 Å². The summed E-state index contributed by atoms with van der Waals surface area (Å²) in [5.41, 5.74) is 3.31. The first-order valence-electron chi connectivity index (χ1n) is 9.96. The summed E-state index contributed by atoms with van der Waals surface area (Å²) in [6.07, 6.45) is 4.87. The molecule has 1 aliphatic carbocycles. The Bertz CT molecular complexity index is 1050. The second kappa shape index (κ2) is 7.72. The van der Waals surface area contributed by atoms with Crippen molar-refractivity contribution >= 4 is 32.9 Å². The van der Waals surface area contributed by atoms with Gasteiger partial charge in [0.2, 0.25) is 5.78 Å². The Morgan fingerprint density at radius 3 is 2.66 bits per heavy atom. The summed E-state index contributed by atoms with van der Waals surface area (Å²) in [6, 6.07) is 3.53. The Morgan fingerprint density at radius 2 is 1.97 bits per heavy atom. The first-order chi connectivity index (χ1) is 13.7. The van der Waals surface area contributed by atoms with Crippen LogP contribution in [0.1, 0.15) is 67.2 Å². The Morgan fingerprint density at radius 1 is 1.21 bits per heavy atom. The molecular formula is C21H25NO5S2. The second-order valence-electron chi connectivity index (χ2n) is 7.98. The number of thiophene rings is 1. The molecule has 0 N–H and O–H groups in total. The molecule has 0 amide bonds. The van der Waals surface area contributed by atoms with E-state index in [0.29, 0.717) is 16.9 Å². The van der Waals surface area contributed by atoms with Crippen molar-refractivity contribution in [3.63, 3.8) is 0 Å². The first kappa shape index (κ1) is 20.3. The molecule has 0 radical (unpaired) electrons. The predicted octanol–water partition coefficient (Wildman–Crippen LogP) is 3.44. The van der Waals surface area contributed by atoms with Crippen LogP contribution in [0.5, 0.6) is 0 Å². The number of hydrogen-bond acceptors (Lipinski definition) is 6. The zero-order chi connectivity index (χ0) is 20.8. The van der Waals surface area contributed by atoms with Crippen molar-refractivity contribution in [1.29, 1.82) is 0 Å². The van der Waals surface area contributed by atoms with Crippen LogP contribution in [0.2, 0.25) is 0 Å². The lowest BCUT2D eigenvalue weighted by molar-refractivity contribution is 0.0479. The number of ether oxygens (including phenoxy) is 1. The number of aromatic nitrogens is 1. The molecule has 1 saturated heterocycles. The lowest BCUT2D eigenvalue weighted by atomic mass is 9.99. The van der Waals surface area contributed by atoms with E-state index >= 15 is 0 Å². The number of ketones is 1. The van der Waals surface area contributed by atoms with Crippen molar-refractivity contribution in [2.24, 2.45) is 0 Å². The van der Waals surface area contributed by atoms with E-state index in [4.69, 9.17) is 4.74 Å². The van der Waals surface area contributed by atoms with Gasteiger partial charge in [0.1, 0.15) is 4.88 Å². The number of nitrogens with zero attached hydrogens (tertiary/aromatic N) is 1. The number of rotatable bonds is 5. The van der Waals surface area contributed by atoms with Gasteiger partial charge in [-0.2, -0.15) is 0 Å². The number of hydrogen-bond donors (Lipinski definition) is 0. The third kappa shape index (κ3) is 4.05. The molecule has 1 unspecified atom stereocenters. The summed E-state index contributed by atoms with van der Waals surface area (Å²) >= 11 is 1.47. The number of carbonyl (C=O) groups excluding carboxylic acids is 2. The van der Waals surface area contributed by atoms with E-state index in [9.17, 15) is 18.0 Å². The van der Waals surface area contributed by atoms with Gasteiger partial charge in [-0.3, -0.25) is 4.79 Å². The molecule has 1 fully saturated rings. The summed E-state index contributed by atoms with van der Waals surface area (Å²) in [5, 5.41) is 0. The Kier molecular flexibility index (Phi) is 5.42. The average Bonchev–Trinajstić information content (AvgIpc) is 3.34. The molecule has 2 aliphatic rings. The van der Waals surface area contributed by atoms with Crippen LogP contribution in [0, 0.1) is 13.8 Å². The van der Waals surface area contributed by atoms with Gasteiger partial charge in [-0.05, 0) is 63.6 Å². The molecular weight excluding hydrogens is 410 g/mol. The van der Waals surface area contributed by atoms with E-state index in [1.54, 1.807) is 6.07 Å². The minimum atomic E-state index is -3.02. The van der Waals surface area contributed by atoms with Crippen LogP contribution in [0.15, 0.2) is 12.1 Å². The fourth-order valence-electron chi connectivity index (χ4n) is 4.47. The lowest BCUT2D eigenvalue weighted by Crippen LogP contribution is -2.16. The van der Waals surface area contributed by atoms with Gasteiger partial charge in [0.05, 0.1) is 11.5 Å². The van der Waals surface area contributed by atoms with E-state index < -0.39 is 15.8 Å². The van der Waals surface area contributed by atoms with Crippen LogP contribution in [-0.4, -0.2) is 42.9 Å². The van der Waals surface area contributed by atoms with Crippen LogP contribution in [0.4, 0.5) is 0 Å². The highest BCUT2D eigenvalue weighted by atomic mass is 32.2. The molecule has 1 atom stereocenters. The average molecular weight is 436 g/mol. The van der Waals surface area contributed by atoms with Gasteiger partial charge in [-0.25, -0.2) is 13.2 Å². The van der Waals surface area contributed by atoms with Crippen LogP contribution in [0.3, 0.4) is 0 Å². The van der Waals surface area contributed by atoms with E-state index in [0.717, 1.165) is 37.1 Å². The number of Topliss-reactive ketones (excluding diaryl/α,β-unsaturated/α-hetero) is 1. The summed E-state index contributed by atoms with van der Waals surface area (Å²) in [6.45, 7) is 3.38. The molecule has 29 heavy (non-hydrogen) atoms. The molecule has 2 aromatic rings. The van der Waals surface area contributed by atoms with E-state index in [-0.39, 0.29) is 29.9 Å². The third-order valence-corrected chi connectivity index (χ3v) is 8.86. The van der Waals surface area contributed by atoms with E-state index in [1.165, 1.54) is 21.8 Å². The normalized spacial score (nSPS) is 20.4. The monoisotopic (exact) mass is 435 g/mol. The highest BCUT2D eigenvalue weighted by Gasteiger charge is 2.32. The molecule has 6 nitrogen and oxygen atoms in total. The molecule has 1 aliphatic heterocycles. The molecule has 0 spiro atoms. The number of fused-ring (bicyclic) bond motifs is 1. The molecule has 156 valence electrons. The van der Waals surface area contributed by atoms with Crippen molar-refractivity contribution < 1.29 is 22.7 Å². The Labute approximate surface area is 174 Å². The number of sulfone groups is 1. The first-order valence-corrected chi connectivity index (χ1v) is 12.6. The van der Waals surface area contributed by atoms with Gasteiger partial charge in [-0.1, -0.05) is 0 Å². The zero-order valence-electron chi connectivity index (χ0n) is 16.7. The zero-order valence-corrected chi connectivity index (χ0v) is 18.3. The molecule has 0 bridgehead atoms. The number of aryl methyl sites for hydroxylation is 3. The largest absolute Gasteiger partial charge is 0.453 e. The van der Waals surface area contributed by atoms with Crippen molar-refractivity contribution in [3.05, 3.63) is 44.4 Å². The van der Waals surface area contributed by atoms with Crippen molar-refractivity contribution in [2.75, 3.05) is 18.1 Å². The van der Waals surface area contributed by atoms with Gasteiger partial charge >= 0.3 is 5.97 Å². The second-order valence-corrected chi connectivity index (χ2v) is 11.3. The summed E-state index contributed by atoms with van der Waals surface area (Å²) in [5.74, 6) is -0.427. The predicted molar refractivity (Wildman–Crippen MR) is 112 cm³/mol. The minimum Gasteiger partial charge on any atom is -0.453 e. The van der Waals surface area contributed by atoms with E-state index in [2.05, 4.69) is 0 Å². The fraction of sp³-hybridized carbons (Fsp3) is 0.524. The fourth-order valence-corrected chi connectivity index (χ4v) is 7.32. The summed E-state index contributed by atoms with van der Waals surface area (Å²) in [4.78, 5) is 26.9. The van der Waals surface area contributed by atoms with Crippen LogP contribution >= 0.6 is 11.3 Å². The van der Waals surface area contributed by atoms with E-state index in [1.807, 2.05) is 24.5 Å². The maximum absolute atomic E-state index is 12.7. The van der Waals surface area contributed by atoms with Crippen molar-refractivity contribution in [3.8, 4) is 0 Å². The van der Waals surface area contributed by atoms with Gasteiger partial charge in [0, 0.05) is 27.9 Å². The molecule has 3 heterocycles. The van der Waals surface area contributed by atoms with Crippen LogP contribution in [-0.2, 0) is 27.4 Å². The minimum absolute atomic E-state index is 0.106. The molecule has 8 heteroatoms. The van der Waals surface area contributed by atoms with Gasteiger partial charge < -0.3 is 9.30 Å². The molecule has 2 aromatic heterocycles. The Hall–Kier alpha value is -1.93. The van der Waals surface area contributed by atoms with Gasteiger partial charge in [0.15, 0.2) is 16.4 Å². The van der Waals surface area contributed by atoms with Gasteiger partial charge in [0.25, 0.3) is 0 Å². The number of carbonyl (C=O) groups is 2. The van der Waals surface area contributed by atoms with Crippen LogP contribution in [0.25, 0.3) is 0 Å². The summed E-state index contributed by atoms with van der Waals surface area (Å²) in [7, 11) is -3.02. The SMILES string of the molecule is Cc1cc(C(=O)COC(=O)c2cc3c(s2)CCCC3)c(C)n1C1CCS(=O)(=O)C1. The highest BCUT2D eigenvalue weighted by molar-refractivity contribution is 7.91. The molecule has 0 aromatic carbocycles. The summed E-state index contributed by atoms with van der Waals surface area (Å²) < 4.78 is 30.9. The standard InChI is InChI=1S/C21H25NO5S2/c1-13-9-17(14(2)22(13)16-7-8-29(25,26)12-16)18(23)11-27-21(24)20-10-15-5-3-4-6-19(15)28-20/h9-10,16H,3-8,11-12H2,1-2H3. The third-order valence-electron chi connectivity index (χ3n) is 5.89.